The average molecular weight is 358 g/mol. The van der Waals surface area contributed by atoms with Gasteiger partial charge in [-0.15, -0.1) is 24.8 Å². The van der Waals surface area contributed by atoms with Crippen LogP contribution in [0, 0.1) is 5.92 Å². The Kier molecular flexibility index (Phi) is 7.40. The molecule has 1 aromatic carbocycles. The third-order valence-electron chi connectivity index (χ3n) is 4.24. The zero-order valence-corrected chi connectivity index (χ0v) is 14.3. The van der Waals surface area contributed by atoms with Gasteiger partial charge in [0, 0.05) is 19.1 Å². The first-order valence-electron chi connectivity index (χ1n) is 6.62. The molecule has 0 spiro atoms. The molecule has 0 aromatic heterocycles. The van der Waals surface area contributed by atoms with Crippen molar-refractivity contribution in [3.63, 3.8) is 0 Å². The molecule has 1 unspecified atom stereocenters. The Morgan fingerprint density at radius 3 is 2.45 bits per heavy atom. The van der Waals surface area contributed by atoms with Gasteiger partial charge < -0.3 is 10.2 Å². The van der Waals surface area contributed by atoms with Gasteiger partial charge in [-0.25, -0.2) is 0 Å². The SMILES string of the molecule is Cl.Cl.Clc1cccc(CNC2CN3CCC2CC3)c1Cl. The number of hydrogen-bond donors (Lipinski definition) is 1. The molecular weight excluding hydrogens is 338 g/mol. The minimum atomic E-state index is 0. The summed E-state index contributed by atoms with van der Waals surface area (Å²) in [6.07, 6.45) is 2.67. The first-order chi connectivity index (χ1) is 8.74. The van der Waals surface area contributed by atoms with Gasteiger partial charge in [0.05, 0.1) is 10.0 Å². The molecule has 1 N–H and O–H groups in total. The predicted octanol–water partition coefficient (Wildman–Crippen LogP) is 4.02. The highest BCUT2D eigenvalue weighted by Gasteiger charge is 2.33. The normalized spacial score (nSPS) is 27.6. The van der Waals surface area contributed by atoms with Crippen LogP contribution in [0.4, 0.5) is 0 Å². The number of nitrogens with zero attached hydrogens (tertiary/aromatic N) is 1. The molecule has 0 amide bonds. The number of piperidine rings is 3. The highest BCUT2D eigenvalue weighted by Crippen LogP contribution is 2.29. The molecule has 3 heterocycles. The Balaban J connectivity index is 0.000001000. The van der Waals surface area contributed by atoms with Gasteiger partial charge in [-0.05, 0) is 43.5 Å². The number of hydrogen-bond acceptors (Lipinski definition) is 2. The summed E-state index contributed by atoms with van der Waals surface area (Å²) in [6, 6.07) is 6.45. The lowest BCUT2D eigenvalue weighted by Crippen LogP contribution is -2.55. The Morgan fingerprint density at radius 2 is 1.85 bits per heavy atom. The summed E-state index contributed by atoms with van der Waals surface area (Å²) in [4.78, 5) is 2.55. The van der Waals surface area contributed by atoms with Crippen molar-refractivity contribution in [2.24, 2.45) is 5.92 Å². The van der Waals surface area contributed by atoms with Crippen molar-refractivity contribution in [1.29, 1.82) is 0 Å². The number of rotatable bonds is 3. The molecule has 0 radical (unpaired) electrons. The van der Waals surface area contributed by atoms with Crippen molar-refractivity contribution in [3.8, 4) is 0 Å². The molecule has 3 aliphatic heterocycles. The molecule has 20 heavy (non-hydrogen) atoms. The summed E-state index contributed by atoms with van der Waals surface area (Å²) in [5, 5.41) is 4.98. The number of halogens is 4. The lowest BCUT2D eigenvalue weighted by Gasteiger charge is -2.45. The van der Waals surface area contributed by atoms with E-state index in [1.165, 1.54) is 32.5 Å². The van der Waals surface area contributed by atoms with Crippen LogP contribution < -0.4 is 5.32 Å². The molecule has 0 saturated carbocycles. The van der Waals surface area contributed by atoms with Gasteiger partial charge in [0.2, 0.25) is 0 Å². The van der Waals surface area contributed by atoms with Crippen molar-refractivity contribution in [2.45, 2.75) is 25.4 Å². The van der Waals surface area contributed by atoms with E-state index in [-0.39, 0.29) is 24.8 Å². The van der Waals surface area contributed by atoms with Crippen LogP contribution >= 0.6 is 48.0 Å². The second-order valence-corrected chi connectivity index (χ2v) is 6.12. The number of nitrogens with one attached hydrogen (secondary N) is 1. The fourth-order valence-electron chi connectivity index (χ4n) is 3.12. The van der Waals surface area contributed by atoms with Gasteiger partial charge in [0.1, 0.15) is 0 Å². The third kappa shape index (κ3) is 3.94. The van der Waals surface area contributed by atoms with E-state index in [0.717, 1.165) is 18.0 Å². The molecule has 2 bridgehead atoms. The molecule has 2 nitrogen and oxygen atoms in total. The van der Waals surface area contributed by atoms with Crippen molar-refractivity contribution < 1.29 is 0 Å². The van der Waals surface area contributed by atoms with Crippen molar-refractivity contribution in [1.82, 2.24) is 10.2 Å². The molecule has 3 fully saturated rings. The monoisotopic (exact) mass is 356 g/mol. The van der Waals surface area contributed by atoms with Gasteiger partial charge in [-0.1, -0.05) is 35.3 Å². The summed E-state index contributed by atoms with van der Waals surface area (Å²) >= 11 is 12.2. The van der Waals surface area contributed by atoms with E-state index in [2.05, 4.69) is 10.2 Å². The van der Waals surface area contributed by atoms with Crippen LogP contribution in [0.3, 0.4) is 0 Å². The lowest BCUT2D eigenvalue weighted by molar-refractivity contribution is 0.0720. The van der Waals surface area contributed by atoms with Crippen LogP contribution in [0.5, 0.6) is 0 Å². The number of fused-ring (bicyclic) bond motifs is 3. The first kappa shape index (κ1) is 18.3. The summed E-state index contributed by atoms with van der Waals surface area (Å²) in [7, 11) is 0. The third-order valence-corrected chi connectivity index (χ3v) is 5.10. The summed E-state index contributed by atoms with van der Waals surface area (Å²) in [5.41, 5.74) is 1.10. The molecule has 3 aliphatic rings. The van der Waals surface area contributed by atoms with Gasteiger partial charge >= 0.3 is 0 Å². The van der Waals surface area contributed by atoms with Crippen LogP contribution in [0.15, 0.2) is 18.2 Å². The van der Waals surface area contributed by atoms with Crippen molar-refractivity contribution in [3.05, 3.63) is 33.8 Å². The smallest absolute Gasteiger partial charge is 0.0637 e. The second-order valence-electron chi connectivity index (χ2n) is 5.34. The standard InChI is InChI=1S/C14H18Cl2N2.2ClH/c15-12-3-1-2-11(14(12)16)8-17-13-9-18-6-4-10(13)5-7-18;;/h1-3,10,13,17H,4-9H2;2*1H. The highest BCUT2D eigenvalue weighted by molar-refractivity contribution is 6.42. The minimum Gasteiger partial charge on any atom is -0.308 e. The van der Waals surface area contributed by atoms with E-state index in [4.69, 9.17) is 23.2 Å². The molecule has 1 atom stereocenters. The zero-order chi connectivity index (χ0) is 12.5. The molecular formula is C14H20Cl4N2. The van der Waals surface area contributed by atoms with Crippen molar-refractivity contribution in [2.75, 3.05) is 19.6 Å². The molecule has 3 saturated heterocycles. The molecule has 4 rings (SSSR count). The van der Waals surface area contributed by atoms with E-state index >= 15 is 0 Å². The quantitative estimate of drug-likeness (QED) is 0.878. The predicted molar refractivity (Wildman–Crippen MR) is 90.7 cm³/mol. The summed E-state index contributed by atoms with van der Waals surface area (Å²) in [5.74, 6) is 0.841. The van der Waals surface area contributed by atoms with Crippen LogP contribution in [-0.2, 0) is 6.54 Å². The molecule has 0 aliphatic carbocycles. The van der Waals surface area contributed by atoms with Gasteiger partial charge in [-0.2, -0.15) is 0 Å². The maximum absolute atomic E-state index is 6.21. The Bertz CT molecular complexity index is 433. The van der Waals surface area contributed by atoms with Gasteiger partial charge in [0.15, 0.2) is 0 Å². The van der Waals surface area contributed by atoms with E-state index in [1.807, 2.05) is 18.2 Å². The van der Waals surface area contributed by atoms with Crippen LogP contribution in [0.1, 0.15) is 18.4 Å². The van der Waals surface area contributed by atoms with E-state index in [0.29, 0.717) is 16.1 Å². The minimum absolute atomic E-state index is 0. The largest absolute Gasteiger partial charge is 0.308 e. The van der Waals surface area contributed by atoms with Crippen molar-refractivity contribution >= 4 is 48.0 Å². The van der Waals surface area contributed by atoms with E-state index in [9.17, 15) is 0 Å². The Labute approximate surface area is 143 Å². The zero-order valence-electron chi connectivity index (χ0n) is 11.1. The van der Waals surface area contributed by atoms with E-state index < -0.39 is 0 Å². The van der Waals surface area contributed by atoms with Gasteiger partial charge in [0.25, 0.3) is 0 Å². The summed E-state index contributed by atoms with van der Waals surface area (Å²) < 4.78 is 0. The van der Waals surface area contributed by atoms with Crippen LogP contribution in [0.25, 0.3) is 0 Å². The first-order valence-corrected chi connectivity index (χ1v) is 7.38. The molecule has 6 heteroatoms. The fraction of sp³-hybridized carbons (Fsp3) is 0.571. The van der Waals surface area contributed by atoms with Crippen LogP contribution in [-0.4, -0.2) is 30.6 Å². The maximum Gasteiger partial charge on any atom is 0.0637 e. The molecule has 1 aromatic rings. The maximum atomic E-state index is 6.21. The molecule has 114 valence electrons. The average Bonchev–Trinajstić information content (AvgIpc) is 2.42. The van der Waals surface area contributed by atoms with E-state index in [1.54, 1.807) is 0 Å². The topological polar surface area (TPSA) is 15.3 Å². The fourth-order valence-corrected chi connectivity index (χ4v) is 3.51. The van der Waals surface area contributed by atoms with Crippen LogP contribution in [0.2, 0.25) is 10.0 Å². The lowest BCUT2D eigenvalue weighted by atomic mass is 9.84. The van der Waals surface area contributed by atoms with Gasteiger partial charge in [-0.3, -0.25) is 0 Å². The number of benzene rings is 1. The summed E-state index contributed by atoms with van der Waals surface area (Å²) in [6.45, 7) is 4.55. The second kappa shape index (κ2) is 8.07. The Morgan fingerprint density at radius 1 is 1.15 bits per heavy atom. The highest BCUT2D eigenvalue weighted by atomic mass is 35.5. The Hall–Kier alpha value is 0.300.